The molecule has 136 valence electrons. The van der Waals surface area contributed by atoms with Crippen molar-refractivity contribution in [2.75, 3.05) is 13.1 Å². The van der Waals surface area contributed by atoms with Crippen molar-refractivity contribution in [3.05, 3.63) is 65.7 Å². The first kappa shape index (κ1) is 17.0. The fourth-order valence-corrected chi connectivity index (χ4v) is 3.86. The molecule has 1 aliphatic carbocycles. The molecule has 1 saturated heterocycles. The maximum Gasteiger partial charge on any atom is 0.357 e. The lowest BCUT2D eigenvalue weighted by molar-refractivity contribution is -0.0991. The molecule has 4 nitrogen and oxygen atoms in total. The minimum absolute atomic E-state index is 0.0261. The number of carbonyl (C=O) groups is 1. The van der Waals surface area contributed by atoms with Gasteiger partial charge in [0.2, 0.25) is 0 Å². The topological polar surface area (TPSA) is 38.8 Å². The second kappa shape index (κ2) is 7.03. The van der Waals surface area contributed by atoms with Crippen molar-refractivity contribution in [3.63, 3.8) is 0 Å². The van der Waals surface area contributed by atoms with Crippen molar-refractivity contribution in [2.45, 2.75) is 18.9 Å². The molecule has 0 aromatic heterocycles. The largest absolute Gasteiger partial charge is 0.490 e. The highest BCUT2D eigenvalue weighted by Crippen LogP contribution is 2.40. The molecule has 26 heavy (non-hydrogen) atoms. The third-order valence-corrected chi connectivity index (χ3v) is 5.09. The van der Waals surface area contributed by atoms with Gasteiger partial charge in [-0.2, -0.15) is 0 Å². The van der Waals surface area contributed by atoms with Crippen LogP contribution in [0.25, 0.3) is 0 Å². The second-order valence-electron chi connectivity index (χ2n) is 6.90. The van der Waals surface area contributed by atoms with Gasteiger partial charge in [-0.3, -0.25) is 0 Å². The second-order valence-corrected chi connectivity index (χ2v) is 6.90. The number of halogens is 2. The Kier molecular flexibility index (Phi) is 4.59. The summed E-state index contributed by atoms with van der Waals surface area (Å²) in [6.07, 6.45) is 1.59. The third-order valence-electron chi connectivity index (χ3n) is 5.09. The molecule has 0 bridgehead atoms. The lowest BCUT2D eigenvalue weighted by Gasteiger charge is -2.19. The van der Waals surface area contributed by atoms with E-state index in [9.17, 15) is 13.6 Å². The Labute approximate surface area is 150 Å². The van der Waals surface area contributed by atoms with Gasteiger partial charge in [0, 0.05) is 19.2 Å². The van der Waals surface area contributed by atoms with Crippen molar-refractivity contribution in [1.29, 1.82) is 0 Å². The first-order chi connectivity index (χ1) is 12.6. The van der Waals surface area contributed by atoms with Crippen LogP contribution in [0.4, 0.5) is 8.78 Å². The van der Waals surface area contributed by atoms with Crippen LogP contribution in [0.3, 0.4) is 0 Å². The third kappa shape index (κ3) is 3.55. The van der Waals surface area contributed by atoms with Gasteiger partial charge >= 0.3 is 5.97 Å². The standard InChI is InChI=1S/C20H19F2NO3/c21-18-7-6-16(10-19(18)22)25-17-8-14-11-23(12-15(14)9-17)26-20(24)13-4-2-1-3-5-13/h1-7,10,14-15,17H,8-9,11-12H2/t14-,15+,17?. The summed E-state index contributed by atoms with van der Waals surface area (Å²) in [5.74, 6) is -1.04. The molecular formula is C20H19F2NO3. The first-order valence-corrected chi connectivity index (χ1v) is 8.72. The number of ether oxygens (including phenoxy) is 1. The van der Waals surface area contributed by atoms with Gasteiger partial charge in [0.1, 0.15) is 5.75 Å². The van der Waals surface area contributed by atoms with Gasteiger partial charge in [-0.05, 0) is 48.9 Å². The molecule has 0 N–H and O–H groups in total. The highest BCUT2D eigenvalue weighted by atomic mass is 19.2. The molecule has 1 unspecified atom stereocenters. The number of carbonyl (C=O) groups excluding carboxylic acids is 1. The van der Waals surface area contributed by atoms with Gasteiger partial charge in [0.25, 0.3) is 0 Å². The van der Waals surface area contributed by atoms with E-state index in [0.29, 0.717) is 36.2 Å². The Morgan fingerprint density at radius 3 is 2.31 bits per heavy atom. The summed E-state index contributed by atoms with van der Waals surface area (Å²) >= 11 is 0. The van der Waals surface area contributed by atoms with E-state index in [-0.39, 0.29) is 12.1 Å². The average molecular weight is 359 g/mol. The van der Waals surface area contributed by atoms with E-state index in [1.165, 1.54) is 6.07 Å². The smallest absolute Gasteiger partial charge is 0.357 e. The van der Waals surface area contributed by atoms with Crippen LogP contribution in [0.15, 0.2) is 48.5 Å². The number of hydroxylamine groups is 2. The molecule has 2 aromatic carbocycles. The Hall–Kier alpha value is -2.47. The van der Waals surface area contributed by atoms with E-state index in [4.69, 9.17) is 9.57 Å². The number of hydrogen-bond donors (Lipinski definition) is 0. The summed E-state index contributed by atoms with van der Waals surface area (Å²) in [6.45, 7) is 1.34. The number of nitrogens with zero attached hydrogens (tertiary/aromatic N) is 1. The van der Waals surface area contributed by atoms with Gasteiger partial charge in [-0.15, -0.1) is 5.06 Å². The number of hydrogen-bond acceptors (Lipinski definition) is 4. The van der Waals surface area contributed by atoms with Crippen molar-refractivity contribution in [3.8, 4) is 5.75 Å². The molecule has 0 radical (unpaired) electrons. The van der Waals surface area contributed by atoms with Crippen LogP contribution in [0.5, 0.6) is 5.75 Å². The van der Waals surface area contributed by atoms with Crippen LogP contribution < -0.4 is 4.74 Å². The zero-order valence-electron chi connectivity index (χ0n) is 14.1. The summed E-state index contributed by atoms with van der Waals surface area (Å²) in [5, 5.41) is 1.72. The summed E-state index contributed by atoms with van der Waals surface area (Å²) in [4.78, 5) is 17.6. The summed E-state index contributed by atoms with van der Waals surface area (Å²) in [6, 6.07) is 12.5. The fraction of sp³-hybridized carbons (Fsp3) is 0.350. The van der Waals surface area contributed by atoms with E-state index in [2.05, 4.69) is 0 Å². The molecule has 2 aromatic rings. The van der Waals surface area contributed by atoms with Gasteiger partial charge in [0.05, 0.1) is 11.7 Å². The summed E-state index contributed by atoms with van der Waals surface area (Å²) in [7, 11) is 0. The van der Waals surface area contributed by atoms with Crippen LogP contribution in [-0.2, 0) is 4.84 Å². The van der Waals surface area contributed by atoms with Crippen LogP contribution in [0.2, 0.25) is 0 Å². The Morgan fingerprint density at radius 1 is 0.962 bits per heavy atom. The average Bonchev–Trinajstić information content (AvgIpc) is 3.16. The van der Waals surface area contributed by atoms with E-state index in [0.717, 1.165) is 25.0 Å². The first-order valence-electron chi connectivity index (χ1n) is 8.72. The SMILES string of the molecule is O=C(ON1C[C@H]2CC(Oc3ccc(F)c(F)c3)C[C@H]2C1)c1ccccc1. The molecule has 4 rings (SSSR count). The van der Waals surface area contributed by atoms with Gasteiger partial charge < -0.3 is 9.57 Å². The maximum absolute atomic E-state index is 13.3. The van der Waals surface area contributed by atoms with E-state index < -0.39 is 11.6 Å². The van der Waals surface area contributed by atoms with Gasteiger partial charge in [0.15, 0.2) is 11.6 Å². The van der Waals surface area contributed by atoms with Crippen LogP contribution in [0, 0.1) is 23.5 Å². The predicted octanol–water partition coefficient (Wildman–Crippen LogP) is 3.83. The maximum atomic E-state index is 13.3. The molecule has 0 amide bonds. The van der Waals surface area contributed by atoms with Crippen molar-refractivity contribution in [1.82, 2.24) is 5.06 Å². The Balaban J connectivity index is 1.30. The quantitative estimate of drug-likeness (QED) is 0.832. The lowest BCUT2D eigenvalue weighted by atomic mass is 10.0. The molecule has 1 heterocycles. The molecule has 2 aliphatic rings. The van der Waals surface area contributed by atoms with Crippen molar-refractivity contribution in [2.24, 2.45) is 11.8 Å². The van der Waals surface area contributed by atoms with Crippen LogP contribution >= 0.6 is 0 Å². The highest BCUT2D eigenvalue weighted by molar-refractivity contribution is 5.89. The molecule has 2 fully saturated rings. The van der Waals surface area contributed by atoms with E-state index in [1.807, 2.05) is 6.07 Å². The molecule has 3 atom stereocenters. The number of benzene rings is 2. The number of fused-ring (bicyclic) bond motifs is 1. The summed E-state index contributed by atoms with van der Waals surface area (Å²) < 4.78 is 32.1. The van der Waals surface area contributed by atoms with Gasteiger partial charge in [-0.25, -0.2) is 13.6 Å². The lowest BCUT2D eigenvalue weighted by Crippen LogP contribution is -2.27. The van der Waals surface area contributed by atoms with Crippen molar-refractivity contribution < 1.29 is 23.1 Å². The molecule has 1 aliphatic heterocycles. The molecule has 0 spiro atoms. The molecular weight excluding hydrogens is 340 g/mol. The monoisotopic (exact) mass is 359 g/mol. The highest BCUT2D eigenvalue weighted by Gasteiger charge is 2.43. The van der Waals surface area contributed by atoms with Crippen molar-refractivity contribution >= 4 is 5.97 Å². The predicted molar refractivity (Wildman–Crippen MR) is 90.4 cm³/mol. The van der Waals surface area contributed by atoms with E-state index >= 15 is 0 Å². The van der Waals surface area contributed by atoms with Crippen LogP contribution in [-0.4, -0.2) is 30.2 Å². The minimum Gasteiger partial charge on any atom is -0.490 e. The van der Waals surface area contributed by atoms with Gasteiger partial charge in [-0.1, -0.05) is 18.2 Å². The normalized spacial score (nSPS) is 25.1. The Morgan fingerprint density at radius 2 is 1.65 bits per heavy atom. The zero-order valence-corrected chi connectivity index (χ0v) is 14.1. The summed E-state index contributed by atoms with van der Waals surface area (Å²) in [5.41, 5.74) is 0.532. The molecule has 1 saturated carbocycles. The molecule has 6 heteroatoms. The van der Waals surface area contributed by atoms with Crippen LogP contribution in [0.1, 0.15) is 23.2 Å². The van der Waals surface area contributed by atoms with E-state index in [1.54, 1.807) is 29.3 Å². The number of rotatable bonds is 4. The Bertz CT molecular complexity index is 785. The zero-order chi connectivity index (χ0) is 18.1. The minimum atomic E-state index is -0.903. The fourth-order valence-electron chi connectivity index (χ4n) is 3.86.